The van der Waals surface area contributed by atoms with Crippen molar-refractivity contribution in [3.8, 4) is 28.4 Å². The van der Waals surface area contributed by atoms with Crippen LogP contribution in [0.15, 0.2) is 53.3 Å². The van der Waals surface area contributed by atoms with Gasteiger partial charge in [0.15, 0.2) is 5.65 Å². The Labute approximate surface area is 181 Å². The van der Waals surface area contributed by atoms with E-state index in [1.165, 1.54) is 23.9 Å². The van der Waals surface area contributed by atoms with Gasteiger partial charge in [0.2, 0.25) is 0 Å². The van der Waals surface area contributed by atoms with Crippen molar-refractivity contribution in [2.24, 2.45) is 7.05 Å². The number of hydrogen-bond donors (Lipinski definition) is 3. The van der Waals surface area contributed by atoms with Gasteiger partial charge in [-0.2, -0.15) is 5.10 Å². The van der Waals surface area contributed by atoms with Crippen LogP contribution in [0.4, 0.5) is 0 Å². The number of hydrogen-bond acceptors (Lipinski definition) is 6. The number of benzene rings is 2. The summed E-state index contributed by atoms with van der Waals surface area (Å²) in [5.41, 5.74) is 2.04. The molecule has 0 saturated heterocycles. The third-order valence-corrected chi connectivity index (χ3v) is 4.86. The first-order chi connectivity index (χ1) is 15.4. The number of H-pyrrole nitrogens is 1. The Morgan fingerprint density at radius 2 is 1.94 bits per heavy atom. The monoisotopic (exact) mass is 433 g/mol. The molecule has 0 saturated carbocycles. The summed E-state index contributed by atoms with van der Waals surface area (Å²) in [7, 11) is 3.13. The van der Waals surface area contributed by atoms with Crippen LogP contribution in [0.2, 0.25) is 0 Å². The Morgan fingerprint density at radius 3 is 2.62 bits per heavy atom. The topological polar surface area (TPSA) is 139 Å². The van der Waals surface area contributed by atoms with Crippen LogP contribution in [-0.4, -0.2) is 50.4 Å². The molecule has 0 radical (unpaired) electrons. The molecule has 0 unspecified atom stereocenters. The second-order valence-corrected chi connectivity index (χ2v) is 6.94. The molecule has 0 spiro atoms. The van der Waals surface area contributed by atoms with Crippen LogP contribution in [0.25, 0.3) is 33.7 Å². The molecule has 4 aromatic rings. The van der Waals surface area contributed by atoms with Gasteiger partial charge in [-0.15, -0.1) is 0 Å². The molecule has 32 heavy (non-hydrogen) atoms. The van der Waals surface area contributed by atoms with E-state index in [-0.39, 0.29) is 16.9 Å². The van der Waals surface area contributed by atoms with Crippen molar-refractivity contribution in [2.45, 2.75) is 0 Å². The van der Waals surface area contributed by atoms with Gasteiger partial charge in [0.25, 0.3) is 11.5 Å². The standard InChI is InChI=1S/C22H19N5O5/c1-27-20-17(18(26-27)12-6-4-3-5-7-12)22(31)25-19(24-20)14-9-8-13(10-15(14)32-2)21(30)23-11-16(28)29/h3-10H,11H2,1-2H3,(H,23,30)(H,28,29)(H,24,25,31). The Bertz CT molecular complexity index is 1390. The van der Waals surface area contributed by atoms with Gasteiger partial charge in [-0.3, -0.25) is 14.4 Å². The molecule has 0 bridgehead atoms. The van der Waals surface area contributed by atoms with Gasteiger partial charge in [-0.25, -0.2) is 9.67 Å². The zero-order valence-electron chi connectivity index (χ0n) is 17.2. The molecule has 1 amide bonds. The molecule has 0 aliphatic carbocycles. The second-order valence-electron chi connectivity index (χ2n) is 6.94. The van der Waals surface area contributed by atoms with E-state index in [1.807, 2.05) is 30.3 Å². The zero-order chi connectivity index (χ0) is 22.8. The van der Waals surface area contributed by atoms with E-state index in [0.717, 1.165) is 5.56 Å². The predicted molar refractivity (Wildman–Crippen MR) is 117 cm³/mol. The number of nitrogens with one attached hydrogen (secondary N) is 2. The van der Waals surface area contributed by atoms with Crippen LogP contribution in [0.5, 0.6) is 5.75 Å². The number of amides is 1. The molecule has 162 valence electrons. The van der Waals surface area contributed by atoms with Crippen molar-refractivity contribution in [3.05, 3.63) is 64.4 Å². The summed E-state index contributed by atoms with van der Waals surface area (Å²) in [5, 5.41) is 15.9. The lowest BCUT2D eigenvalue weighted by Gasteiger charge is -2.10. The molecule has 4 rings (SSSR count). The SMILES string of the molecule is COc1cc(C(=O)NCC(=O)O)ccc1-c1nc2c(c(-c3ccccc3)nn2C)c(=O)[nH]1. The Morgan fingerprint density at radius 1 is 1.19 bits per heavy atom. The van der Waals surface area contributed by atoms with E-state index in [0.29, 0.717) is 28.0 Å². The fourth-order valence-electron chi connectivity index (χ4n) is 3.37. The smallest absolute Gasteiger partial charge is 0.322 e. The number of ether oxygens (including phenoxy) is 1. The summed E-state index contributed by atoms with van der Waals surface area (Å²) in [6.07, 6.45) is 0. The van der Waals surface area contributed by atoms with Crippen molar-refractivity contribution in [1.82, 2.24) is 25.1 Å². The molecule has 2 aromatic heterocycles. The fourth-order valence-corrected chi connectivity index (χ4v) is 3.37. The zero-order valence-corrected chi connectivity index (χ0v) is 17.2. The van der Waals surface area contributed by atoms with Crippen molar-refractivity contribution in [3.63, 3.8) is 0 Å². The maximum Gasteiger partial charge on any atom is 0.322 e. The van der Waals surface area contributed by atoms with Gasteiger partial charge in [0, 0.05) is 18.2 Å². The largest absolute Gasteiger partial charge is 0.496 e. The Hall–Kier alpha value is -4.47. The van der Waals surface area contributed by atoms with Crippen LogP contribution in [0.3, 0.4) is 0 Å². The maximum absolute atomic E-state index is 13.0. The van der Waals surface area contributed by atoms with Crippen LogP contribution in [0, 0.1) is 0 Å². The number of carboxylic acid groups (broad SMARTS) is 1. The van der Waals surface area contributed by atoms with Crippen molar-refractivity contribution < 1.29 is 19.4 Å². The second kappa shape index (κ2) is 8.34. The van der Waals surface area contributed by atoms with Gasteiger partial charge in [0.1, 0.15) is 29.2 Å². The number of carboxylic acids is 1. The number of fused-ring (bicyclic) bond motifs is 1. The first-order valence-corrected chi connectivity index (χ1v) is 9.60. The van der Waals surface area contributed by atoms with Crippen molar-refractivity contribution in [2.75, 3.05) is 13.7 Å². The maximum atomic E-state index is 13.0. The number of carbonyl (C=O) groups is 2. The van der Waals surface area contributed by atoms with Gasteiger partial charge in [0.05, 0.1) is 12.7 Å². The fraction of sp³-hybridized carbons (Fsp3) is 0.136. The molecule has 0 atom stereocenters. The van der Waals surface area contributed by atoms with Crippen LogP contribution < -0.4 is 15.6 Å². The molecule has 2 aromatic carbocycles. The first kappa shape index (κ1) is 20.8. The molecule has 0 aliphatic rings. The highest BCUT2D eigenvalue weighted by Gasteiger charge is 2.19. The van der Waals surface area contributed by atoms with E-state index < -0.39 is 18.4 Å². The van der Waals surface area contributed by atoms with E-state index in [1.54, 1.807) is 13.1 Å². The normalized spacial score (nSPS) is 10.8. The highest BCUT2D eigenvalue weighted by atomic mass is 16.5. The third kappa shape index (κ3) is 3.81. The molecule has 0 aliphatic heterocycles. The average molecular weight is 433 g/mol. The van der Waals surface area contributed by atoms with Crippen LogP contribution >= 0.6 is 0 Å². The van der Waals surface area contributed by atoms with E-state index in [9.17, 15) is 14.4 Å². The molecular weight excluding hydrogens is 414 g/mol. The Balaban J connectivity index is 1.79. The summed E-state index contributed by atoms with van der Waals surface area (Å²) in [6.45, 7) is -0.501. The molecular formula is C22H19N5O5. The van der Waals surface area contributed by atoms with E-state index in [4.69, 9.17) is 9.84 Å². The third-order valence-electron chi connectivity index (χ3n) is 4.86. The number of aromatic nitrogens is 4. The molecule has 3 N–H and O–H groups in total. The number of methoxy groups -OCH3 is 1. The molecule has 0 fully saturated rings. The number of rotatable bonds is 6. The lowest BCUT2D eigenvalue weighted by Crippen LogP contribution is -2.29. The minimum absolute atomic E-state index is 0.210. The lowest BCUT2D eigenvalue weighted by molar-refractivity contribution is -0.135. The number of carbonyl (C=O) groups excluding carboxylic acids is 1. The van der Waals surface area contributed by atoms with Gasteiger partial charge in [-0.05, 0) is 18.2 Å². The molecule has 10 nitrogen and oxygen atoms in total. The summed E-state index contributed by atoms with van der Waals surface area (Å²) >= 11 is 0. The highest BCUT2D eigenvalue weighted by Crippen LogP contribution is 2.30. The summed E-state index contributed by atoms with van der Waals surface area (Å²) in [4.78, 5) is 43.2. The van der Waals surface area contributed by atoms with E-state index in [2.05, 4.69) is 20.4 Å². The quantitative estimate of drug-likeness (QED) is 0.421. The minimum atomic E-state index is -1.15. The molecule has 10 heteroatoms. The van der Waals surface area contributed by atoms with Crippen molar-refractivity contribution in [1.29, 1.82) is 0 Å². The highest BCUT2D eigenvalue weighted by molar-refractivity contribution is 5.97. The Kier molecular flexibility index (Phi) is 5.42. The van der Waals surface area contributed by atoms with Gasteiger partial charge in [-0.1, -0.05) is 30.3 Å². The summed E-state index contributed by atoms with van der Waals surface area (Å²) in [6, 6.07) is 13.9. The number of nitrogens with zero attached hydrogens (tertiary/aromatic N) is 3. The minimum Gasteiger partial charge on any atom is -0.496 e. The molecule has 2 heterocycles. The van der Waals surface area contributed by atoms with E-state index >= 15 is 0 Å². The van der Waals surface area contributed by atoms with Crippen LogP contribution in [0.1, 0.15) is 10.4 Å². The van der Waals surface area contributed by atoms with Crippen molar-refractivity contribution >= 4 is 22.9 Å². The van der Waals surface area contributed by atoms with Gasteiger partial charge >= 0.3 is 5.97 Å². The van der Waals surface area contributed by atoms with Gasteiger partial charge < -0.3 is 20.1 Å². The summed E-state index contributed by atoms with van der Waals surface area (Å²) in [5.74, 6) is -1.17. The number of aryl methyl sites for hydroxylation is 1. The van der Waals surface area contributed by atoms with Crippen LogP contribution in [-0.2, 0) is 11.8 Å². The lowest BCUT2D eigenvalue weighted by atomic mass is 10.1. The number of aliphatic carboxylic acids is 1. The predicted octanol–water partition coefficient (Wildman–Crippen LogP) is 1.81. The first-order valence-electron chi connectivity index (χ1n) is 9.60. The number of aromatic amines is 1. The average Bonchev–Trinajstić information content (AvgIpc) is 3.14. The summed E-state index contributed by atoms with van der Waals surface area (Å²) < 4.78 is 6.93.